The van der Waals surface area contributed by atoms with E-state index in [9.17, 15) is 0 Å². The molecule has 0 saturated carbocycles. The summed E-state index contributed by atoms with van der Waals surface area (Å²) in [6, 6.07) is 4.47. The lowest BCUT2D eigenvalue weighted by Crippen LogP contribution is -2.01. The maximum Gasteiger partial charge on any atom is -0.0146 e. The zero-order valence-electron chi connectivity index (χ0n) is 13.2. The molecule has 1 aromatic carbocycles. The van der Waals surface area contributed by atoms with Gasteiger partial charge in [0.15, 0.2) is 0 Å². The Labute approximate surface area is 124 Å². The van der Waals surface area contributed by atoms with Crippen molar-refractivity contribution in [1.29, 1.82) is 0 Å². The van der Waals surface area contributed by atoms with Crippen LogP contribution in [0.5, 0.6) is 0 Å². The van der Waals surface area contributed by atoms with Crippen LogP contribution in [-0.4, -0.2) is 0 Å². The molecule has 0 aliphatic carbocycles. The molecule has 0 aromatic heterocycles. The fraction of sp³-hybridized carbons (Fsp3) is 0.300. The maximum atomic E-state index is 4.02. The average Bonchev–Trinajstić information content (AvgIpc) is 2.45. The molecule has 0 heterocycles. The van der Waals surface area contributed by atoms with Crippen LogP contribution in [0.1, 0.15) is 55.9 Å². The molecule has 20 heavy (non-hydrogen) atoms. The maximum absolute atomic E-state index is 4.02. The van der Waals surface area contributed by atoms with Crippen LogP contribution in [-0.2, 0) is 6.42 Å². The smallest absolute Gasteiger partial charge is 0.0146 e. The van der Waals surface area contributed by atoms with Gasteiger partial charge in [0, 0.05) is 0 Å². The summed E-state index contributed by atoms with van der Waals surface area (Å²) in [4.78, 5) is 0. The fourth-order valence-corrected chi connectivity index (χ4v) is 2.62. The first-order chi connectivity index (χ1) is 9.60. The van der Waals surface area contributed by atoms with E-state index in [0.29, 0.717) is 5.92 Å². The summed E-state index contributed by atoms with van der Waals surface area (Å²) < 4.78 is 0. The van der Waals surface area contributed by atoms with Gasteiger partial charge < -0.3 is 0 Å². The highest BCUT2D eigenvalue weighted by atomic mass is 14.2. The summed E-state index contributed by atoms with van der Waals surface area (Å²) in [6.45, 7) is 16.5. The van der Waals surface area contributed by atoms with E-state index in [-0.39, 0.29) is 0 Å². The van der Waals surface area contributed by atoms with Crippen LogP contribution in [0.4, 0.5) is 0 Å². The zero-order chi connectivity index (χ0) is 15.1. The van der Waals surface area contributed by atoms with Gasteiger partial charge in [-0.2, -0.15) is 0 Å². The first-order valence-corrected chi connectivity index (χ1v) is 7.34. The van der Waals surface area contributed by atoms with Crippen molar-refractivity contribution in [3.8, 4) is 0 Å². The van der Waals surface area contributed by atoms with Crippen molar-refractivity contribution < 1.29 is 0 Å². The third-order valence-electron chi connectivity index (χ3n) is 3.53. The van der Waals surface area contributed by atoms with Crippen molar-refractivity contribution in [2.75, 3.05) is 0 Å². The molecule has 1 aromatic rings. The summed E-state index contributed by atoms with van der Waals surface area (Å²) in [7, 11) is 0. The van der Waals surface area contributed by atoms with E-state index in [1.165, 1.54) is 27.8 Å². The lowest BCUT2D eigenvalue weighted by molar-refractivity contribution is 0.858. The van der Waals surface area contributed by atoms with Crippen LogP contribution in [0, 0.1) is 0 Å². The number of allylic oxidation sites excluding steroid dienone is 5. The van der Waals surface area contributed by atoms with Gasteiger partial charge in [0.1, 0.15) is 0 Å². The van der Waals surface area contributed by atoms with Crippen LogP contribution in [0.15, 0.2) is 49.6 Å². The highest BCUT2D eigenvalue weighted by Crippen LogP contribution is 2.31. The van der Waals surface area contributed by atoms with Crippen LogP contribution < -0.4 is 0 Å². The summed E-state index contributed by atoms with van der Waals surface area (Å²) in [5.74, 6) is 0.510. The molecule has 0 heteroatoms. The van der Waals surface area contributed by atoms with Crippen LogP contribution in [0.25, 0.3) is 11.6 Å². The van der Waals surface area contributed by atoms with E-state index in [2.05, 4.69) is 64.3 Å². The summed E-state index contributed by atoms with van der Waals surface area (Å²) >= 11 is 0. The van der Waals surface area contributed by atoms with Gasteiger partial charge >= 0.3 is 0 Å². The molecule has 0 saturated heterocycles. The third-order valence-corrected chi connectivity index (χ3v) is 3.53. The molecule has 0 unspecified atom stereocenters. The molecular formula is C20H26. The Balaban J connectivity index is 3.60. The Morgan fingerprint density at radius 1 is 1.25 bits per heavy atom. The fourth-order valence-electron chi connectivity index (χ4n) is 2.62. The summed E-state index contributed by atoms with van der Waals surface area (Å²) in [5, 5.41) is 0. The van der Waals surface area contributed by atoms with Crippen LogP contribution in [0.3, 0.4) is 0 Å². The van der Waals surface area contributed by atoms with E-state index in [1.54, 1.807) is 0 Å². The van der Waals surface area contributed by atoms with E-state index >= 15 is 0 Å². The summed E-state index contributed by atoms with van der Waals surface area (Å²) in [5.41, 5.74) is 6.53. The molecular weight excluding hydrogens is 240 g/mol. The molecule has 0 N–H and O–H groups in total. The lowest BCUT2D eigenvalue weighted by atomic mass is 9.86. The van der Waals surface area contributed by atoms with Crippen molar-refractivity contribution in [3.63, 3.8) is 0 Å². The Hall–Kier alpha value is -1.82. The monoisotopic (exact) mass is 266 g/mol. The minimum atomic E-state index is 0.510. The molecule has 0 amide bonds. The first kappa shape index (κ1) is 16.2. The molecule has 1 rings (SSSR count). The van der Waals surface area contributed by atoms with E-state index < -0.39 is 0 Å². The summed E-state index contributed by atoms with van der Waals surface area (Å²) in [6.07, 6.45) is 11.1. The molecule has 0 spiro atoms. The van der Waals surface area contributed by atoms with Gasteiger partial charge in [0.25, 0.3) is 0 Å². The molecule has 0 atom stereocenters. The average molecular weight is 266 g/mol. The van der Waals surface area contributed by atoms with Crippen LogP contribution in [0.2, 0.25) is 0 Å². The quantitative estimate of drug-likeness (QED) is 0.541. The normalized spacial score (nSPS) is 12.2. The van der Waals surface area contributed by atoms with E-state index in [1.807, 2.05) is 19.1 Å². The third kappa shape index (κ3) is 3.39. The number of benzene rings is 1. The Bertz CT molecular complexity index is 539. The van der Waals surface area contributed by atoms with Crippen molar-refractivity contribution in [2.24, 2.45) is 0 Å². The van der Waals surface area contributed by atoms with Gasteiger partial charge in [0.05, 0.1) is 0 Å². The zero-order valence-corrected chi connectivity index (χ0v) is 13.2. The minimum absolute atomic E-state index is 0.510. The standard InChI is InChI=1S/C20H26/c1-7-11-16(12-8-2)20-14-13-19(15(5)6)17(9-3)18(20)10-4/h7-9,11-15H,1,3,10H2,2,4-6H3/b12-8-,16-11+. The van der Waals surface area contributed by atoms with E-state index in [4.69, 9.17) is 0 Å². The molecule has 0 bridgehead atoms. The largest absolute Gasteiger partial charge is 0.0990 e. The first-order valence-electron chi connectivity index (χ1n) is 7.34. The second-order valence-corrected chi connectivity index (χ2v) is 5.16. The van der Waals surface area contributed by atoms with Crippen molar-refractivity contribution in [1.82, 2.24) is 0 Å². The van der Waals surface area contributed by atoms with Gasteiger partial charge in [-0.05, 0) is 47.1 Å². The van der Waals surface area contributed by atoms with Crippen molar-refractivity contribution in [3.05, 3.63) is 71.8 Å². The van der Waals surface area contributed by atoms with Gasteiger partial charge in [-0.15, -0.1) is 0 Å². The SMILES string of the molecule is C=C/C=C(\C=C/C)c1ccc(C(C)C)c(C=C)c1CC. The lowest BCUT2D eigenvalue weighted by Gasteiger charge is -2.18. The topological polar surface area (TPSA) is 0 Å². The number of hydrogen-bond acceptors (Lipinski definition) is 0. The number of hydrogen-bond donors (Lipinski definition) is 0. The van der Waals surface area contributed by atoms with Gasteiger partial charge in [-0.1, -0.05) is 76.4 Å². The second-order valence-electron chi connectivity index (χ2n) is 5.16. The molecule has 0 nitrogen and oxygen atoms in total. The van der Waals surface area contributed by atoms with Gasteiger partial charge in [0.2, 0.25) is 0 Å². The predicted molar refractivity (Wildman–Crippen MR) is 93.0 cm³/mol. The molecule has 106 valence electrons. The molecule has 0 aliphatic rings. The minimum Gasteiger partial charge on any atom is -0.0990 e. The van der Waals surface area contributed by atoms with Crippen LogP contribution >= 0.6 is 0 Å². The highest BCUT2D eigenvalue weighted by Gasteiger charge is 2.13. The number of rotatable bonds is 6. The van der Waals surface area contributed by atoms with Gasteiger partial charge in [-0.25, -0.2) is 0 Å². The Morgan fingerprint density at radius 3 is 2.40 bits per heavy atom. The highest BCUT2D eigenvalue weighted by molar-refractivity contribution is 5.80. The molecule has 0 fully saturated rings. The Morgan fingerprint density at radius 2 is 1.95 bits per heavy atom. The molecule has 0 radical (unpaired) electrons. The van der Waals surface area contributed by atoms with Crippen molar-refractivity contribution >= 4 is 11.6 Å². The van der Waals surface area contributed by atoms with Gasteiger partial charge in [-0.3, -0.25) is 0 Å². The van der Waals surface area contributed by atoms with E-state index in [0.717, 1.165) is 6.42 Å². The molecule has 0 aliphatic heterocycles. The Kier molecular flexibility index (Phi) is 6.24. The predicted octanol–water partition coefficient (Wildman–Crippen LogP) is 6.16. The second kappa shape index (κ2) is 7.69. The van der Waals surface area contributed by atoms with Crippen molar-refractivity contribution in [2.45, 2.75) is 40.0 Å².